The van der Waals surface area contributed by atoms with Crippen LogP contribution in [-0.2, 0) is 0 Å². The number of benzene rings is 1. The number of rotatable bonds is 5. The van der Waals surface area contributed by atoms with E-state index >= 15 is 0 Å². The zero-order valence-electron chi connectivity index (χ0n) is 15.7. The molecule has 150 valence electrons. The highest BCUT2D eigenvalue weighted by Gasteiger charge is 2.16. The van der Waals surface area contributed by atoms with Crippen LogP contribution in [0.15, 0.2) is 36.4 Å². The molecule has 3 aromatic rings. The molecular formula is C20H19Cl2N5OS. The van der Waals surface area contributed by atoms with Crippen molar-refractivity contribution in [3.63, 3.8) is 0 Å². The number of amides is 1. The number of thiophene rings is 1. The van der Waals surface area contributed by atoms with Crippen molar-refractivity contribution in [1.82, 2.24) is 9.97 Å². The van der Waals surface area contributed by atoms with Crippen LogP contribution in [0.3, 0.4) is 0 Å². The SMILES string of the molecule is Cc1nc(Nc2ccc(NC(=O)c3cc(Cl)sc3Cl)cc2)cc(N2CCCC2)n1. The van der Waals surface area contributed by atoms with Crippen molar-refractivity contribution < 1.29 is 4.79 Å². The van der Waals surface area contributed by atoms with E-state index in [1.54, 1.807) is 6.07 Å². The molecule has 0 unspecified atom stereocenters. The molecular weight excluding hydrogens is 429 g/mol. The van der Waals surface area contributed by atoms with Crippen LogP contribution in [0.2, 0.25) is 8.67 Å². The number of carbonyl (C=O) groups excluding carboxylic acids is 1. The summed E-state index contributed by atoms with van der Waals surface area (Å²) in [5.41, 5.74) is 1.90. The van der Waals surface area contributed by atoms with Crippen LogP contribution >= 0.6 is 34.5 Å². The largest absolute Gasteiger partial charge is 0.356 e. The summed E-state index contributed by atoms with van der Waals surface area (Å²) in [5.74, 6) is 2.14. The maximum atomic E-state index is 12.3. The minimum absolute atomic E-state index is 0.291. The van der Waals surface area contributed by atoms with E-state index in [9.17, 15) is 4.79 Å². The summed E-state index contributed by atoms with van der Waals surface area (Å²) in [6.07, 6.45) is 2.39. The summed E-state index contributed by atoms with van der Waals surface area (Å²) in [6, 6.07) is 10.9. The Morgan fingerprint density at radius 3 is 2.41 bits per heavy atom. The summed E-state index contributed by atoms with van der Waals surface area (Å²) in [7, 11) is 0. The zero-order valence-corrected chi connectivity index (χ0v) is 18.0. The summed E-state index contributed by atoms with van der Waals surface area (Å²) in [6.45, 7) is 3.96. The second kappa shape index (κ2) is 8.57. The summed E-state index contributed by atoms with van der Waals surface area (Å²) in [4.78, 5) is 23.6. The van der Waals surface area contributed by atoms with Crippen LogP contribution in [0.25, 0.3) is 0 Å². The predicted molar refractivity (Wildman–Crippen MR) is 120 cm³/mol. The lowest BCUT2D eigenvalue weighted by Crippen LogP contribution is -2.19. The van der Waals surface area contributed by atoms with Crippen molar-refractivity contribution >= 4 is 63.5 Å². The van der Waals surface area contributed by atoms with Gasteiger partial charge in [-0.1, -0.05) is 23.2 Å². The Morgan fingerprint density at radius 2 is 1.76 bits per heavy atom. The fourth-order valence-corrected chi connectivity index (χ4v) is 4.66. The molecule has 0 saturated carbocycles. The van der Waals surface area contributed by atoms with Gasteiger partial charge in [-0.05, 0) is 50.1 Å². The van der Waals surface area contributed by atoms with Gasteiger partial charge in [-0.25, -0.2) is 9.97 Å². The molecule has 1 amide bonds. The minimum Gasteiger partial charge on any atom is -0.356 e. The number of nitrogens with zero attached hydrogens (tertiary/aromatic N) is 3. The molecule has 2 aromatic heterocycles. The Labute approximate surface area is 182 Å². The zero-order chi connectivity index (χ0) is 20.4. The molecule has 29 heavy (non-hydrogen) atoms. The van der Waals surface area contributed by atoms with E-state index in [2.05, 4.69) is 25.5 Å². The van der Waals surface area contributed by atoms with Gasteiger partial charge in [-0.2, -0.15) is 0 Å². The van der Waals surface area contributed by atoms with Crippen LogP contribution in [-0.4, -0.2) is 29.0 Å². The average Bonchev–Trinajstić information content (AvgIpc) is 3.32. The topological polar surface area (TPSA) is 70.2 Å². The normalized spacial score (nSPS) is 13.6. The Hall–Kier alpha value is -2.35. The quantitative estimate of drug-likeness (QED) is 0.520. The molecule has 1 aliphatic heterocycles. The van der Waals surface area contributed by atoms with Crippen molar-refractivity contribution in [2.75, 3.05) is 28.6 Å². The smallest absolute Gasteiger partial charge is 0.258 e. The third kappa shape index (κ3) is 4.80. The number of anilines is 4. The lowest BCUT2D eigenvalue weighted by atomic mass is 10.2. The lowest BCUT2D eigenvalue weighted by Gasteiger charge is -2.18. The Morgan fingerprint density at radius 1 is 1.07 bits per heavy atom. The van der Waals surface area contributed by atoms with Crippen LogP contribution in [0.1, 0.15) is 29.0 Å². The lowest BCUT2D eigenvalue weighted by molar-refractivity contribution is 0.102. The average molecular weight is 448 g/mol. The molecule has 6 nitrogen and oxygen atoms in total. The molecule has 1 saturated heterocycles. The molecule has 1 aromatic carbocycles. The van der Waals surface area contributed by atoms with Crippen LogP contribution < -0.4 is 15.5 Å². The molecule has 2 N–H and O–H groups in total. The number of hydrogen-bond donors (Lipinski definition) is 2. The molecule has 3 heterocycles. The summed E-state index contributed by atoms with van der Waals surface area (Å²) >= 11 is 13.1. The molecule has 1 fully saturated rings. The number of carbonyl (C=O) groups is 1. The standard InChI is InChI=1S/C20H19Cl2N5OS/c1-12-23-17(11-18(24-12)27-8-2-3-9-27)25-13-4-6-14(7-5-13)26-20(28)15-10-16(21)29-19(15)22/h4-7,10-11H,2-3,8-9H2,1H3,(H,26,28)(H,23,24,25). The Bertz CT molecular complexity index is 1030. The van der Waals surface area contributed by atoms with E-state index in [1.807, 2.05) is 37.3 Å². The van der Waals surface area contributed by atoms with E-state index in [4.69, 9.17) is 23.2 Å². The first-order valence-electron chi connectivity index (χ1n) is 9.22. The number of hydrogen-bond acceptors (Lipinski definition) is 6. The van der Waals surface area contributed by atoms with E-state index in [1.165, 1.54) is 24.2 Å². The van der Waals surface area contributed by atoms with Gasteiger partial charge in [0.05, 0.1) is 9.90 Å². The van der Waals surface area contributed by atoms with Crippen molar-refractivity contribution in [1.29, 1.82) is 0 Å². The van der Waals surface area contributed by atoms with E-state index in [-0.39, 0.29) is 5.91 Å². The summed E-state index contributed by atoms with van der Waals surface area (Å²) < 4.78 is 0.854. The van der Waals surface area contributed by atoms with Gasteiger partial charge in [0.15, 0.2) is 0 Å². The van der Waals surface area contributed by atoms with Gasteiger partial charge in [-0.15, -0.1) is 11.3 Å². The van der Waals surface area contributed by atoms with Crippen molar-refractivity contribution in [3.8, 4) is 0 Å². The number of aryl methyl sites for hydroxylation is 1. The second-order valence-corrected chi connectivity index (χ2v) is 9.03. The third-order valence-corrected chi connectivity index (χ3v) is 6.06. The van der Waals surface area contributed by atoms with Gasteiger partial charge >= 0.3 is 0 Å². The first-order valence-corrected chi connectivity index (χ1v) is 10.8. The molecule has 0 aliphatic carbocycles. The van der Waals surface area contributed by atoms with Crippen LogP contribution in [0.4, 0.5) is 23.0 Å². The van der Waals surface area contributed by atoms with Gasteiger partial charge in [0.2, 0.25) is 0 Å². The van der Waals surface area contributed by atoms with Gasteiger partial charge in [0.25, 0.3) is 5.91 Å². The minimum atomic E-state index is -0.291. The first-order chi connectivity index (χ1) is 14.0. The maximum Gasteiger partial charge on any atom is 0.258 e. The number of nitrogens with one attached hydrogen (secondary N) is 2. The molecule has 0 atom stereocenters. The fraction of sp³-hybridized carbons (Fsp3) is 0.250. The van der Waals surface area contributed by atoms with Crippen molar-refractivity contribution in [2.45, 2.75) is 19.8 Å². The predicted octanol–water partition coefficient (Wildman–Crippen LogP) is 5.75. The summed E-state index contributed by atoms with van der Waals surface area (Å²) in [5, 5.41) is 6.13. The van der Waals surface area contributed by atoms with E-state index in [0.29, 0.717) is 19.9 Å². The third-order valence-electron chi connectivity index (χ3n) is 4.57. The highest BCUT2D eigenvalue weighted by atomic mass is 35.5. The monoisotopic (exact) mass is 447 g/mol. The van der Waals surface area contributed by atoms with Gasteiger partial charge in [0, 0.05) is 30.5 Å². The molecule has 9 heteroatoms. The number of halogens is 2. The molecule has 0 radical (unpaired) electrons. The van der Waals surface area contributed by atoms with Crippen LogP contribution in [0.5, 0.6) is 0 Å². The molecule has 1 aliphatic rings. The van der Waals surface area contributed by atoms with E-state index in [0.717, 1.165) is 36.2 Å². The highest BCUT2D eigenvalue weighted by Crippen LogP contribution is 2.31. The van der Waals surface area contributed by atoms with Gasteiger partial charge < -0.3 is 15.5 Å². The Balaban J connectivity index is 1.44. The van der Waals surface area contributed by atoms with Crippen LogP contribution in [0, 0.1) is 6.92 Å². The molecule has 0 bridgehead atoms. The van der Waals surface area contributed by atoms with Gasteiger partial charge in [0.1, 0.15) is 21.8 Å². The first kappa shape index (κ1) is 19.9. The second-order valence-electron chi connectivity index (χ2n) is 6.75. The Kier molecular flexibility index (Phi) is 5.89. The molecule has 4 rings (SSSR count). The van der Waals surface area contributed by atoms with E-state index < -0.39 is 0 Å². The maximum absolute atomic E-state index is 12.3. The fourth-order valence-electron chi connectivity index (χ4n) is 3.20. The highest BCUT2D eigenvalue weighted by molar-refractivity contribution is 7.20. The number of aromatic nitrogens is 2. The molecule has 0 spiro atoms. The van der Waals surface area contributed by atoms with Gasteiger partial charge in [-0.3, -0.25) is 4.79 Å². The van der Waals surface area contributed by atoms with Crippen molar-refractivity contribution in [3.05, 3.63) is 56.5 Å². The van der Waals surface area contributed by atoms with Crippen molar-refractivity contribution in [2.24, 2.45) is 0 Å².